The number of carbonyl (C=O) groups is 1. The SMILES string of the molecule is CC(=O)Nc1ccc(S(=O)(=O)N(C)C[C@H](O)Cn2c3ccccc3c3ccccc32)cc1. The lowest BCUT2D eigenvalue weighted by atomic mass is 10.2. The number of nitrogens with zero attached hydrogens (tertiary/aromatic N) is 2. The molecule has 8 heteroatoms. The van der Waals surface area contributed by atoms with Crippen LogP contribution in [0.15, 0.2) is 77.7 Å². The van der Waals surface area contributed by atoms with Crippen molar-refractivity contribution in [2.75, 3.05) is 18.9 Å². The number of aliphatic hydroxyl groups excluding tert-OH is 1. The van der Waals surface area contributed by atoms with Gasteiger partial charge < -0.3 is 15.0 Å². The molecule has 1 amide bonds. The quantitative estimate of drug-likeness (QED) is 0.450. The van der Waals surface area contributed by atoms with E-state index in [0.717, 1.165) is 26.1 Å². The summed E-state index contributed by atoms with van der Waals surface area (Å²) in [4.78, 5) is 11.2. The number of rotatable bonds is 7. The van der Waals surface area contributed by atoms with Crippen molar-refractivity contribution in [3.63, 3.8) is 0 Å². The van der Waals surface area contributed by atoms with Gasteiger partial charge in [-0.2, -0.15) is 4.31 Å². The molecule has 166 valence electrons. The zero-order valence-corrected chi connectivity index (χ0v) is 18.7. The molecule has 32 heavy (non-hydrogen) atoms. The lowest BCUT2D eigenvalue weighted by molar-refractivity contribution is -0.114. The van der Waals surface area contributed by atoms with Crippen molar-refractivity contribution in [3.05, 3.63) is 72.8 Å². The first-order chi connectivity index (χ1) is 15.3. The van der Waals surface area contributed by atoms with Crippen LogP contribution < -0.4 is 5.32 Å². The molecular weight excluding hydrogens is 426 g/mol. The van der Waals surface area contributed by atoms with Crippen molar-refractivity contribution < 1.29 is 18.3 Å². The fraction of sp³-hybridized carbons (Fsp3) is 0.208. The van der Waals surface area contributed by atoms with Gasteiger partial charge in [0.25, 0.3) is 0 Å². The summed E-state index contributed by atoms with van der Waals surface area (Å²) in [5.74, 6) is -0.231. The van der Waals surface area contributed by atoms with E-state index in [0.29, 0.717) is 5.69 Å². The summed E-state index contributed by atoms with van der Waals surface area (Å²) in [7, 11) is -2.34. The summed E-state index contributed by atoms with van der Waals surface area (Å²) < 4.78 is 29.1. The molecule has 0 saturated carbocycles. The molecule has 0 spiro atoms. The Morgan fingerprint density at radius 3 is 2.03 bits per heavy atom. The van der Waals surface area contributed by atoms with Crippen LogP contribution in [-0.4, -0.2) is 48.0 Å². The van der Waals surface area contributed by atoms with Gasteiger partial charge in [0.05, 0.1) is 17.5 Å². The van der Waals surface area contributed by atoms with Gasteiger partial charge in [-0.3, -0.25) is 4.79 Å². The Hall–Kier alpha value is -3.20. The molecule has 1 atom stereocenters. The third-order valence-corrected chi connectivity index (χ3v) is 7.26. The van der Waals surface area contributed by atoms with E-state index in [-0.39, 0.29) is 23.9 Å². The average Bonchev–Trinajstić information content (AvgIpc) is 3.07. The Bertz CT molecular complexity index is 1320. The standard InChI is InChI=1S/C24H25N3O4S/c1-17(28)25-18-11-13-20(14-12-18)32(30,31)26(2)15-19(29)16-27-23-9-5-3-7-21(23)22-8-4-6-10-24(22)27/h3-14,19,29H,15-16H2,1-2H3,(H,25,28)/t19-/m0/s1. The van der Waals surface area contributed by atoms with Gasteiger partial charge in [0.15, 0.2) is 0 Å². The molecule has 0 unspecified atom stereocenters. The van der Waals surface area contributed by atoms with Gasteiger partial charge in [-0.05, 0) is 36.4 Å². The van der Waals surface area contributed by atoms with Gasteiger partial charge >= 0.3 is 0 Å². The Kier molecular flexibility index (Phi) is 6.01. The van der Waals surface area contributed by atoms with E-state index in [1.54, 1.807) is 0 Å². The number of carbonyl (C=O) groups excluding carboxylic acids is 1. The number of sulfonamides is 1. The lowest BCUT2D eigenvalue weighted by Gasteiger charge is -2.22. The van der Waals surface area contributed by atoms with Crippen LogP contribution in [0.2, 0.25) is 0 Å². The van der Waals surface area contributed by atoms with Crippen LogP contribution in [0, 0.1) is 0 Å². The molecular formula is C24H25N3O4S. The Balaban J connectivity index is 1.54. The van der Waals surface area contributed by atoms with Gasteiger partial charge in [-0.15, -0.1) is 0 Å². The molecule has 3 aromatic carbocycles. The van der Waals surface area contributed by atoms with E-state index in [1.165, 1.54) is 38.2 Å². The maximum atomic E-state index is 12.9. The zero-order valence-electron chi connectivity index (χ0n) is 17.9. The molecule has 1 heterocycles. The summed E-state index contributed by atoms with van der Waals surface area (Å²) >= 11 is 0. The van der Waals surface area contributed by atoms with Crippen molar-refractivity contribution in [1.29, 1.82) is 0 Å². The third-order valence-electron chi connectivity index (χ3n) is 5.42. The monoisotopic (exact) mass is 451 g/mol. The smallest absolute Gasteiger partial charge is 0.242 e. The molecule has 7 nitrogen and oxygen atoms in total. The predicted molar refractivity (Wildman–Crippen MR) is 126 cm³/mol. The molecule has 0 radical (unpaired) electrons. The van der Waals surface area contributed by atoms with Crippen molar-refractivity contribution in [1.82, 2.24) is 8.87 Å². The molecule has 1 aromatic heterocycles. The summed E-state index contributed by atoms with van der Waals surface area (Å²) in [5, 5.41) is 15.6. The fourth-order valence-electron chi connectivity index (χ4n) is 3.96. The number of anilines is 1. The lowest BCUT2D eigenvalue weighted by Crippen LogP contribution is -2.36. The van der Waals surface area contributed by atoms with Gasteiger partial charge in [0.1, 0.15) is 0 Å². The Morgan fingerprint density at radius 2 is 1.50 bits per heavy atom. The van der Waals surface area contributed by atoms with Crippen LogP contribution >= 0.6 is 0 Å². The molecule has 0 saturated heterocycles. The van der Waals surface area contributed by atoms with Gasteiger partial charge in [-0.25, -0.2) is 8.42 Å². The minimum Gasteiger partial charge on any atom is -0.390 e. The van der Waals surface area contributed by atoms with Crippen molar-refractivity contribution in [2.24, 2.45) is 0 Å². The summed E-state index contributed by atoms with van der Waals surface area (Å²) in [6.45, 7) is 1.59. The van der Waals surface area contributed by atoms with Crippen LogP contribution in [0.4, 0.5) is 5.69 Å². The fourth-order valence-corrected chi connectivity index (χ4v) is 5.17. The van der Waals surface area contributed by atoms with Crippen LogP contribution in [-0.2, 0) is 21.4 Å². The second-order valence-electron chi connectivity index (χ2n) is 7.79. The predicted octanol–water partition coefficient (Wildman–Crippen LogP) is 3.43. The second-order valence-corrected chi connectivity index (χ2v) is 9.83. The number of likely N-dealkylation sites (N-methyl/N-ethyl adjacent to an activating group) is 1. The van der Waals surface area contributed by atoms with E-state index in [4.69, 9.17) is 0 Å². The normalized spacial score (nSPS) is 13.0. The maximum Gasteiger partial charge on any atom is 0.242 e. The van der Waals surface area contributed by atoms with Crippen LogP contribution in [0.5, 0.6) is 0 Å². The second kappa shape index (κ2) is 8.74. The molecule has 0 aliphatic carbocycles. The minimum absolute atomic E-state index is 0.0589. The highest BCUT2D eigenvalue weighted by Gasteiger charge is 2.24. The highest BCUT2D eigenvalue weighted by molar-refractivity contribution is 7.89. The van der Waals surface area contributed by atoms with E-state index in [2.05, 4.69) is 5.32 Å². The largest absolute Gasteiger partial charge is 0.390 e. The number of benzene rings is 3. The Morgan fingerprint density at radius 1 is 0.969 bits per heavy atom. The molecule has 4 aromatic rings. The van der Waals surface area contributed by atoms with E-state index >= 15 is 0 Å². The van der Waals surface area contributed by atoms with E-state index < -0.39 is 16.1 Å². The zero-order chi connectivity index (χ0) is 22.9. The third kappa shape index (κ3) is 4.25. The summed E-state index contributed by atoms with van der Waals surface area (Å²) in [6, 6.07) is 21.9. The highest BCUT2D eigenvalue weighted by Crippen LogP contribution is 2.29. The number of nitrogens with one attached hydrogen (secondary N) is 1. The minimum atomic E-state index is -3.79. The van der Waals surface area contributed by atoms with E-state index in [1.807, 2.05) is 53.1 Å². The van der Waals surface area contributed by atoms with Crippen molar-refractivity contribution in [2.45, 2.75) is 24.5 Å². The first-order valence-corrected chi connectivity index (χ1v) is 11.7. The molecule has 4 rings (SSSR count). The number of aliphatic hydroxyl groups is 1. The van der Waals surface area contributed by atoms with Crippen molar-refractivity contribution in [3.8, 4) is 0 Å². The molecule has 2 N–H and O–H groups in total. The number of aromatic nitrogens is 1. The molecule has 0 fully saturated rings. The topological polar surface area (TPSA) is 91.6 Å². The van der Waals surface area contributed by atoms with Gasteiger partial charge in [-0.1, -0.05) is 36.4 Å². The first kappa shape index (κ1) is 22.0. The number of amides is 1. The summed E-state index contributed by atoms with van der Waals surface area (Å²) in [6.07, 6.45) is -0.910. The average molecular weight is 452 g/mol. The van der Waals surface area contributed by atoms with E-state index in [9.17, 15) is 18.3 Å². The van der Waals surface area contributed by atoms with Crippen LogP contribution in [0.3, 0.4) is 0 Å². The van der Waals surface area contributed by atoms with Crippen molar-refractivity contribution >= 4 is 43.4 Å². The first-order valence-electron chi connectivity index (χ1n) is 10.3. The van der Waals surface area contributed by atoms with Gasteiger partial charge in [0.2, 0.25) is 15.9 Å². The maximum absolute atomic E-state index is 12.9. The number of para-hydroxylation sites is 2. The molecule has 0 aliphatic rings. The van der Waals surface area contributed by atoms with Crippen LogP contribution in [0.1, 0.15) is 6.92 Å². The number of fused-ring (bicyclic) bond motifs is 3. The summed E-state index contributed by atoms with van der Waals surface area (Å²) in [5.41, 5.74) is 2.50. The van der Waals surface area contributed by atoms with Gasteiger partial charge in [0, 0.05) is 48.0 Å². The molecule has 0 aliphatic heterocycles. The number of hydrogen-bond donors (Lipinski definition) is 2. The highest BCUT2D eigenvalue weighted by atomic mass is 32.2. The Labute approximate surface area is 186 Å². The number of hydrogen-bond acceptors (Lipinski definition) is 4. The van der Waals surface area contributed by atoms with Crippen LogP contribution in [0.25, 0.3) is 21.8 Å². The molecule has 0 bridgehead atoms.